The van der Waals surface area contributed by atoms with Crippen LogP contribution in [-0.2, 0) is 0 Å². The van der Waals surface area contributed by atoms with Crippen LogP contribution in [0.5, 0.6) is 0 Å². The van der Waals surface area contributed by atoms with Crippen molar-refractivity contribution >= 4 is 24.8 Å². The standard InChI is InChI=1S/C9H11FN2.2ClH/c10-8-5-12-4-3-7(8)9(11)6-1-2-6;;/h3-6,9H,1-2,11H2;2*1H. The SMILES string of the molecule is Cl.Cl.NC(c1ccncc1F)C1CC1. The lowest BCUT2D eigenvalue weighted by atomic mass is 10.0. The molecule has 80 valence electrons. The largest absolute Gasteiger partial charge is 0.324 e. The summed E-state index contributed by atoms with van der Waals surface area (Å²) in [7, 11) is 0. The van der Waals surface area contributed by atoms with E-state index in [9.17, 15) is 4.39 Å². The summed E-state index contributed by atoms with van der Waals surface area (Å²) in [6, 6.07) is 1.53. The minimum Gasteiger partial charge on any atom is -0.324 e. The Morgan fingerprint density at radius 2 is 2.07 bits per heavy atom. The van der Waals surface area contributed by atoms with Gasteiger partial charge in [0, 0.05) is 17.8 Å². The van der Waals surface area contributed by atoms with E-state index in [1.165, 1.54) is 6.20 Å². The summed E-state index contributed by atoms with van der Waals surface area (Å²) in [5, 5.41) is 0. The summed E-state index contributed by atoms with van der Waals surface area (Å²) in [6.07, 6.45) is 5.06. The van der Waals surface area contributed by atoms with E-state index in [0.717, 1.165) is 12.8 Å². The van der Waals surface area contributed by atoms with Crippen LogP contribution in [0.1, 0.15) is 24.4 Å². The molecule has 1 saturated carbocycles. The van der Waals surface area contributed by atoms with Crippen molar-refractivity contribution in [1.29, 1.82) is 0 Å². The average Bonchev–Trinajstić information content (AvgIpc) is 2.86. The second kappa shape index (κ2) is 5.49. The van der Waals surface area contributed by atoms with Gasteiger partial charge in [0.2, 0.25) is 0 Å². The monoisotopic (exact) mass is 238 g/mol. The molecule has 2 nitrogen and oxygen atoms in total. The highest BCUT2D eigenvalue weighted by Crippen LogP contribution is 2.39. The Bertz CT molecular complexity index is 292. The van der Waals surface area contributed by atoms with E-state index in [2.05, 4.69) is 4.98 Å². The molecule has 14 heavy (non-hydrogen) atoms. The fourth-order valence-corrected chi connectivity index (χ4v) is 1.37. The smallest absolute Gasteiger partial charge is 0.146 e. The maximum Gasteiger partial charge on any atom is 0.146 e. The molecule has 0 saturated heterocycles. The molecule has 1 unspecified atom stereocenters. The predicted molar refractivity (Wildman–Crippen MR) is 58.3 cm³/mol. The molecule has 1 aromatic rings. The molecule has 0 aliphatic heterocycles. The van der Waals surface area contributed by atoms with Crippen LogP contribution in [0.4, 0.5) is 4.39 Å². The molecule has 0 spiro atoms. The molecule has 0 aromatic carbocycles. The van der Waals surface area contributed by atoms with Gasteiger partial charge >= 0.3 is 0 Å². The first-order valence-electron chi connectivity index (χ1n) is 4.14. The second-order valence-electron chi connectivity index (χ2n) is 3.26. The van der Waals surface area contributed by atoms with Gasteiger partial charge in [-0.3, -0.25) is 4.98 Å². The van der Waals surface area contributed by atoms with Crippen molar-refractivity contribution in [3.63, 3.8) is 0 Å². The van der Waals surface area contributed by atoms with Crippen molar-refractivity contribution in [2.75, 3.05) is 0 Å². The third kappa shape index (κ3) is 2.80. The van der Waals surface area contributed by atoms with E-state index in [1.807, 2.05) is 0 Å². The summed E-state index contributed by atoms with van der Waals surface area (Å²) in [5.74, 6) is 0.207. The van der Waals surface area contributed by atoms with Gasteiger partial charge in [-0.25, -0.2) is 4.39 Å². The molecule has 2 rings (SSSR count). The first-order valence-corrected chi connectivity index (χ1v) is 4.14. The van der Waals surface area contributed by atoms with Gasteiger partial charge in [-0.05, 0) is 24.8 Å². The molecular weight excluding hydrogens is 226 g/mol. The van der Waals surface area contributed by atoms with Crippen molar-refractivity contribution in [2.24, 2.45) is 11.7 Å². The molecule has 0 amide bonds. The number of pyridine rings is 1. The maximum absolute atomic E-state index is 13.1. The van der Waals surface area contributed by atoms with Crippen LogP contribution in [0.25, 0.3) is 0 Å². The van der Waals surface area contributed by atoms with Gasteiger partial charge in [0.25, 0.3) is 0 Å². The molecule has 1 atom stereocenters. The summed E-state index contributed by atoms with van der Waals surface area (Å²) >= 11 is 0. The average molecular weight is 239 g/mol. The zero-order chi connectivity index (χ0) is 8.55. The summed E-state index contributed by atoms with van der Waals surface area (Å²) < 4.78 is 13.1. The van der Waals surface area contributed by atoms with Crippen LogP contribution in [0.3, 0.4) is 0 Å². The molecule has 0 radical (unpaired) electrons. The van der Waals surface area contributed by atoms with Crippen molar-refractivity contribution < 1.29 is 4.39 Å². The first-order chi connectivity index (χ1) is 5.79. The number of rotatable bonds is 2. The molecule has 1 fully saturated rings. The van der Waals surface area contributed by atoms with Gasteiger partial charge in [-0.15, -0.1) is 24.8 Å². The van der Waals surface area contributed by atoms with Gasteiger partial charge in [0.05, 0.1) is 6.20 Å². The minimum atomic E-state index is -0.281. The number of halogens is 3. The summed E-state index contributed by atoms with van der Waals surface area (Å²) in [4.78, 5) is 3.68. The van der Waals surface area contributed by atoms with E-state index < -0.39 is 0 Å². The van der Waals surface area contributed by atoms with E-state index in [-0.39, 0.29) is 36.7 Å². The number of hydrogen-bond acceptors (Lipinski definition) is 2. The minimum absolute atomic E-state index is 0. The lowest BCUT2D eigenvalue weighted by Gasteiger charge is -2.10. The van der Waals surface area contributed by atoms with Crippen LogP contribution in [0.15, 0.2) is 18.5 Å². The van der Waals surface area contributed by atoms with Crippen molar-refractivity contribution in [3.05, 3.63) is 29.8 Å². The molecule has 5 heteroatoms. The highest BCUT2D eigenvalue weighted by Gasteiger charge is 2.30. The van der Waals surface area contributed by atoms with Crippen LogP contribution >= 0.6 is 24.8 Å². The third-order valence-electron chi connectivity index (χ3n) is 2.29. The lowest BCUT2D eigenvalue weighted by Crippen LogP contribution is -2.14. The van der Waals surface area contributed by atoms with Gasteiger partial charge in [-0.1, -0.05) is 0 Å². The Kier molecular flexibility index (Phi) is 5.34. The fraction of sp³-hybridized carbons (Fsp3) is 0.444. The first kappa shape index (κ1) is 13.6. The predicted octanol–water partition coefficient (Wildman–Crippen LogP) is 2.47. The van der Waals surface area contributed by atoms with Crippen molar-refractivity contribution in [3.8, 4) is 0 Å². The Hall–Kier alpha value is -0.380. The van der Waals surface area contributed by atoms with E-state index in [4.69, 9.17) is 5.73 Å². The fourth-order valence-electron chi connectivity index (χ4n) is 1.37. The van der Waals surface area contributed by atoms with Crippen LogP contribution in [0, 0.1) is 11.7 Å². The Morgan fingerprint density at radius 3 is 2.57 bits per heavy atom. The van der Waals surface area contributed by atoms with Crippen molar-refractivity contribution in [2.45, 2.75) is 18.9 Å². The Morgan fingerprint density at radius 1 is 1.43 bits per heavy atom. The van der Waals surface area contributed by atoms with Gasteiger partial charge in [-0.2, -0.15) is 0 Å². The second-order valence-corrected chi connectivity index (χ2v) is 3.26. The van der Waals surface area contributed by atoms with Gasteiger partial charge in [0.1, 0.15) is 5.82 Å². The van der Waals surface area contributed by atoms with E-state index in [0.29, 0.717) is 11.5 Å². The molecule has 0 bridgehead atoms. The Labute approximate surface area is 94.9 Å². The number of hydrogen-bond donors (Lipinski definition) is 1. The van der Waals surface area contributed by atoms with Crippen LogP contribution < -0.4 is 5.73 Å². The van der Waals surface area contributed by atoms with Crippen LogP contribution in [0.2, 0.25) is 0 Å². The number of aromatic nitrogens is 1. The highest BCUT2D eigenvalue weighted by atomic mass is 35.5. The lowest BCUT2D eigenvalue weighted by molar-refractivity contribution is 0.549. The summed E-state index contributed by atoms with van der Waals surface area (Å²) in [5.41, 5.74) is 6.44. The molecule has 2 N–H and O–H groups in total. The normalized spacial score (nSPS) is 16.4. The number of nitrogens with two attached hydrogens (primary N) is 1. The van der Waals surface area contributed by atoms with Gasteiger partial charge < -0.3 is 5.73 Å². The zero-order valence-electron chi connectivity index (χ0n) is 7.52. The highest BCUT2D eigenvalue weighted by molar-refractivity contribution is 5.85. The van der Waals surface area contributed by atoms with Gasteiger partial charge in [0.15, 0.2) is 0 Å². The van der Waals surface area contributed by atoms with E-state index >= 15 is 0 Å². The van der Waals surface area contributed by atoms with Crippen LogP contribution in [-0.4, -0.2) is 4.98 Å². The quantitative estimate of drug-likeness (QED) is 0.860. The molecular formula is C9H13Cl2FN2. The number of nitrogens with zero attached hydrogens (tertiary/aromatic N) is 1. The maximum atomic E-state index is 13.1. The topological polar surface area (TPSA) is 38.9 Å². The summed E-state index contributed by atoms with van der Waals surface area (Å²) in [6.45, 7) is 0. The van der Waals surface area contributed by atoms with Crippen molar-refractivity contribution in [1.82, 2.24) is 4.98 Å². The Balaban J connectivity index is 0.000000845. The molecule has 1 heterocycles. The zero-order valence-corrected chi connectivity index (χ0v) is 9.15. The van der Waals surface area contributed by atoms with E-state index in [1.54, 1.807) is 12.3 Å². The third-order valence-corrected chi connectivity index (χ3v) is 2.29. The molecule has 1 aromatic heterocycles. The molecule has 1 aliphatic rings. The molecule has 1 aliphatic carbocycles.